The number of hydrogen-bond acceptors (Lipinski definition) is 5. The summed E-state index contributed by atoms with van der Waals surface area (Å²) in [4.78, 5) is 50.5. The number of anilines is 1. The number of benzene rings is 2. The van der Waals surface area contributed by atoms with E-state index in [1.807, 2.05) is 0 Å². The van der Waals surface area contributed by atoms with Crippen molar-refractivity contribution in [3.8, 4) is 0 Å². The molecule has 0 aromatic heterocycles. The van der Waals surface area contributed by atoms with Gasteiger partial charge in [-0.3, -0.25) is 29.4 Å². The summed E-state index contributed by atoms with van der Waals surface area (Å²) in [6, 6.07) is 7.69. The fourth-order valence-electron chi connectivity index (χ4n) is 3.91. The highest BCUT2D eigenvalue weighted by Crippen LogP contribution is 2.35. The lowest BCUT2D eigenvalue weighted by Gasteiger charge is -2.28. The van der Waals surface area contributed by atoms with E-state index in [0.717, 1.165) is 17.0 Å². The van der Waals surface area contributed by atoms with Gasteiger partial charge in [0.05, 0.1) is 16.7 Å². The highest BCUT2D eigenvalue weighted by Gasteiger charge is 2.45. The molecular formula is C22H18F3N3O4. The van der Waals surface area contributed by atoms with E-state index in [0.29, 0.717) is 11.3 Å². The molecule has 0 aliphatic carbocycles. The van der Waals surface area contributed by atoms with E-state index in [1.165, 1.54) is 18.2 Å². The van der Waals surface area contributed by atoms with Crippen molar-refractivity contribution in [1.29, 1.82) is 0 Å². The number of alkyl halides is 3. The van der Waals surface area contributed by atoms with Crippen LogP contribution in [0.1, 0.15) is 57.7 Å². The average molecular weight is 445 g/mol. The zero-order chi connectivity index (χ0) is 23.2. The Morgan fingerprint density at radius 1 is 1.03 bits per heavy atom. The van der Waals surface area contributed by atoms with Crippen LogP contribution < -0.4 is 10.6 Å². The number of rotatable bonds is 4. The van der Waals surface area contributed by atoms with E-state index in [4.69, 9.17) is 0 Å². The van der Waals surface area contributed by atoms with Gasteiger partial charge in [-0.15, -0.1) is 0 Å². The smallest absolute Gasteiger partial charge is 0.378 e. The van der Waals surface area contributed by atoms with Gasteiger partial charge in [-0.05, 0) is 43.2 Å². The second kappa shape index (κ2) is 7.77. The molecule has 4 amide bonds. The van der Waals surface area contributed by atoms with Crippen LogP contribution in [0, 0.1) is 0 Å². The SMILES string of the molecule is C[C@H](Nc1cccc2c1C(=O)N(C1CCC(=O)NC1=O)C2=O)c1ccc(C(F)(F)F)cc1. The summed E-state index contributed by atoms with van der Waals surface area (Å²) in [5, 5.41) is 5.21. The van der Waals surface area contributed by atoms with Crippen LogP contribution in [-0.2, 0) is 15.8 Å². The van der Waals surface area contributed by atoms with Crippen LogP contribution >= 0.6 is 0 Å². The number of piperidine rings is 1. The van der Waals surface area contributed by atoms with Crippen LogP contribution in [0.15, 0.2) is 42.5 Å². The third-order valence-corrected chi connectivity index (χ3v) is 5.58. The Hall–Kier alpha value is -3.69. The van der Waals surface area contributed by atoms with Gasteiger partial charge in [-0.25, -0.2) is 0 Å². The molecule has 1 fully saturated rings. The van der Waals surface area contributed by atoms with Crippen molar-refractivity contribution >= 4 is 29.3 Å². The molecule has 0 bridgehead atoms. The van der Waals surface area contributed by atoms with Crippen LogP contribution in [-0.4, -0.2) is 34.6 Å². The molecule has 0 radical (unpaired) electrons. The number of carbonyl (C=O) groups excluding carboxylic acids is 4. The number of carbonyl (C=O) groups is 4. The Morgan fingerprint density at radius 2 is 1.72 bits per heavy atom. The van der Waals surface area contributed by atoms with E-state index in [9.17, 15) is 32.3 Å². The quantitative estimate of drug-likeness (QED) is 0.705. The van der Waals surface area contributed by atoms with Crippen molar-refractivity contribution < 1.29 is 32.3 Å². The highest BCUT2D eigenvalue weighted by molar-refractivity contribution is 6.25. The van der Waals surface area contributed by atoms with Gasteiger partial charge in [0.1, 0.15) is 6.04 Å². The predicted molar refractivity (Wildman–Crippen MR) is 107 cm³/mol. The molecule has 166 valence electrons. The minimum atomic E-state index is -4.44. The van der Waals surface area contributed by atoms with Gasteiger partial charge in [0, 0.05) is 18.2 Å². The van der Waals surface area contributed by atoms with Crippen molar-refractivity contribution in [2.24, 2.45) is 0 Å². The molecule has 2 aromatic carbocycles. The molecular weight excluding hydrogens is 427 g/mol. The van der Waals surface area contributed by atoms with Crippen molar-refractivity contribution in [2.45, 2.75) is 38.0 Å². The number of halogens is 3. The van der Waals surface area contributed by atoms with E-state index in [2.05, 4.69) is 10.6 Å². The zero-order valence-electron chi connectivity index (χ0n) is 16.8. The van der Waals surface area contributed by atoms with E-state index in [-0.39, 0.29) is 24.0 Å². The van der Waals surface area contributed by atoms with Gasteiger partial charge in [-0.1, -0.05) is 18.2 Å². The Kier molecular flexibility index (Phi) is 5.23. The molecule has 4 rings (SSSR count). The van der Waals surface area contributed by atoms with Crippen molar-refractivity contribution in [2.75, 3.05) is 5.32 Å². The summed E-state index contributed by atoms with van der Waals surface area (Å²) in [5.74, 6) is -2.47. The van der Waals surface area contributed by atoms with Gasteiger partial charge in [0.2, 0.25) is 11.8 Å². The maximum absolute atomic E-state index is 13.1. The maximum atomic E-state index is 13.1. The van der Waals surface area contributed by atoms with Crippen LogP contribution in [0.25, 0.3) is 0 Å². The van der Waals surface area contributed by atoms with Crippen molar-refractivity contribution in [3.05, 3.63) is 64.7 Å². The lowest BCUT2D eigenvalue weighted by molar-refractivity contribution is -0.138. The van der Waals surface area contributed by atoms with Crippen LogP contribution in [0.2, 0.25) is 0 Å². The number of nitrogens with one attached hydrogen (secondary N) is 2. The highest BCUT2D eigenvalue weighted by atomic mass is 19.4. The molecule has 1 unspecified atom stereocenters. The van der Waals surface area contributed by atoms with E-state index in [1.54, 1.807) is 19.1 Å². The topological polar surface area (TPSA) is 95.6 Å². The van der Waals surface area contributed by atoms with Gasteiger partial charge in [0.15, 0.2) is 0 Å². The lowest BCUT2D eigenvalue weighted by Crippen LogP contribution is -2.54. The summed E-state index contributed by atoms with van der Waals surface area (Å²) in [6.45, 7) is 1.71. The molecule has 2 aliphatic rings. The molecule has 2 atom stereocenters. The fourth-order valence-corrected chi connectivity index (χ4v) is 3.91. The molecule has 1 saturated heterocycles. The minimum absolute atomic E-state index is 0.0138. The largest absolute Gasteiger partial charge is 0.416 e. The second-order valence-corrected chi connectivity index (χ2v) is 7.66. The second-order valence-electron chi connectivity index (χ2n) is 7.66. The molecule has 7 nitrogen and oxygen atoms in total. The van der Waals surface area contributed by atoms with Crippen molar-refractivity contribution in [1.82, 2.24) is 10.2 Å². The van der Waals surface area contributed by atoms with Gasteiger partial charge < -0.3 is 5.32 Å². The number of nitrogens with zero attached hydrogens (tertiary/aromatic N) is 1. The third-order valence-electron chi connectivity index (χ3n) is 5.58. The molecule has 32 heavy (non-hydrogen) atoms. The summed E-state index contributed by atoms with van der Waals surface area (Å²) in [6.07, 6.45) is -4.39. The Bertz CT molecular complexity index is 1130. The first kappa shape index (κ1) is 21.5. The fraction of sp³-hybridized carbons (Fsp3) is 0.273. The zero-order valence-corrected chi connectivity index (χ0v) is 16.8. The number of hydrogen-bond donors (Lipinski definition) is 2. The van der Waals surface area contributed by atoms with Crippen molar-refractivity contribution in [3.63, 3.8) is 0 Å². The monoisotopic (exact) mass is 445 g/mol. The standard InChI is InChI=1S/C22H18F3N3O4/c1-11(12-5-7-13(8-6-12)22(23,24)25)26-15-4-2-3-14-18(15)21(32)28(20(14)31)16-9-10-17(29)27-19(16)30/h2-8,11,16,26H,9-10H2,1H3,(H,27,29,30)/t11-,16?/m0/s1. The third kappa shape index (κ3) is 3.72. The lowest BCUT2D eigenvalue weighted by atomic mass is 10.0. The molecule has 2 aliphatic heterocycles. The first-order chi connectivity index (χ1) is 15.1. The summed E-state index contributed by atoms with van der Waals surface area (Å²) in [7, 11) is 0. The maximum Gasteiger partial charge on any atom is 0.416 e. The first-order valence-electron chi connectivity index (χ1n) is 9.86. The Labute approximate surface area is 180 Å². The van der Waals surface area contributed by atoms with E-state index >= 15 is 0 Å². The number of fused-ring (bicyclic) bond motifs is 1. The molecule has 0 saturated carbocycles. The molecule has 2 aromatic rings. The van der Waals surface area contributed by atoms with Gasteiger partial charge in [0.25, 0.3) is 11.8 Å². The van der Waals surface area contributed by atoms with Gasteiger partial charge in [-0.2, -0.15) is 13.2 Å². The van der Waals surface area contributed by atoms with Crippen LogP contribution in [0.3, 0.4) is 0 Å². The Balaban J connectivity index is 1.59. The average Bonchev–Trinajstić information content (AvgIpc) is 2.99. The molecule has 2 N–H and O–H groups in total. The minimum Gasteiger partial charge on any atom is -0.378 e. The van der Waals surface area contributed by atoms with Crippen LogP contribution in [0.5, 0.6) is 0 Å². The summed E-state index contributed by atoms with van der Waals surface area (Å²) >= 11 is 0. The summed E-state index contributed by atoms with van der Waals surface area (Å²) in [5.41, 5.74) is 0.303. The number of imide groups is 2. The summed E-state index contributed by atoms with van der Waals surface area (Å²) < 4.78 is 38.4. The number of amides is 4. The van der Waals surface area contributed by atoms with Crippen LogP contribution in [0.4, 0.5) is 18.9 Å². The molecule has 0 spiro atoms. The molecule has 2 heterocycles. The Morgan fingerprint density at radius 3 is 2.34 bits per heavy atom. The molecule has 10 heteroatoms. The first-order valence-corrected chi connectivity index (χ1v) is 9.86. The normalized spacial score (nSPS) is 19.6. The van der Waals surface area contributed by atoms with Gasteiger partial charge >= 0.3 is 6.18 Å². The predicted octanol–water partition coefficient (Wildman–Crippen LogP) is 3.28. The van der Waals surface area contributed by atoms with E-state index < -0.39 is 47.5 Å².